The molecule has 2 aromatic heterocycles. The van der Waals surface area contributed by atoms with Crippen LogP contribution in [0.1, 0.15) is 32.9 Å². The number of rotatable bonds is 3. The Kier molecular flexibility index (Phi) is 5.98. The second kappa shape index (κ2) is 9.08. The summed E-state index contributed by atoms with van der Waals surface area (Å²) in [6, 6.07) is 2.54. The summed E-state index contributed by atoms with van der Waals surface area (Å²) in [4.78, 5) is 42.9. The highest BCUT2D eigenvalue weighted by atomic mass is 32.1. The van der Waals surface area contributed by atoms with Gasteiger partial charge >= 0.3 is 12.2 Å². The zero-order valence-electron chi connectivity index (χ0n) is 22.0. The second-order valence-electron chi connectivity index (χ2n) is 10.4. The van der Waals surface area contributed by atoms with Crippen molar-refractivity contribution >= 4 is 29.2 Å². The van der Waals surface area contributed by atoms with E-state index in [1.165, 1.54) is 11.3 Å². The number of imide groups is 1. The van der Waals surface area contributed by atoms with Crippen LogP contribution in [0.3, 0.4) is 0 Å². The molecule has 0 saturated carbocycles. The number of nitrogens with one attached hydrogen (secondary N) is 1. The van der Waals surface area contributed by atoms with Gasteiger partial charge in [-0.2, -0.15) is 18.3 Å². The lowest BCUT2D eigenvalue weighted by Gasteiger charge is -2.31. The van der Waals surface area contributed by atoms with Crippen LogP contribution in [-0.2, 0) is 35.1 Å². The lowest BCUT2D eigenvalue weighted by atomic mass is 9.90. The van der Waals surface area contributed by atoms with E-state index in [9.17, 15) is 27.6 Å². The number of hydrogen-bond acceptors (Lipinski definition) is 6. The van der Waals surface area contributed by atoms with Gasteiger partial charge in [-0.25, -0.2) is 4.79 Å². The first-order valence-corrected chi connectivity index (χ1v) is 13.5. The molecule has 40 heavy (non-hydrogen) atoms. The Morgan fingerprint density at radius 2 is 2.02 bits per heavy atom. The van der Waals surface area contributed by atoms with Crippen LogP contribution >= 0.6 is 11.3 Å². The highest BCUT2D eigenvalue weighted by Crippen LogP contribution is 2.43. The van der Waals surface area contributed by atoms with Gasteiger partial charge in [-0.3, -0.25) is 19.2 Å². The summed E-state index contributed by atoms with van der Waals surface area (Å²) in [7, 11) is 1.81. The van der Waals surface area contributed by atoms with Crippen LogP contribution in [0, 0.1) is 13.8 Å². The third-order valence-corrected chi connectivity index (χ3v) is 9.19. The molecule has 0 bridgehead atoms. The average Bonchev–Trinajstić information content (AvgIpc) is 3.58. The molecular weight excluding hydrogens is 547 g/mol. The molecule has 1 spiro atoms. The number of benzene rings is 1. The van der Waals surface area contributed by atoms with Crippen molar-refractivity contribution in [3.8, 4) is 16.9 Å². The van der Waals surface area contributed by atoms with Crippen LogP contribution in [0.2, 0.25) is 0 Å². The van der Waals surface area contributed by atoms with Crippen molar-refractivity contribution in [2.24, 2.45) is 7.05 Å². The summed E-state index contributed by atoms with van der Waals surface area (Å²) in [5, 5.41) is 6.93. The Bertz CT molecular complexity index is 1560. The highest BCUT2D eigenvalue weighted by Gasteiger charge is 2.56. The minimum atomic E-state index is -4.76. The Morgan fingerprint density at radius 3 is 2.73 bits per heavy atom. The van der Waals surface area contributed by atoms with Gasteiger partial charge in [0.25, 0.3) is 5.91 Å². The number of carbonyl (C=O) groups is 3. The van der Waals surface area contributed by atoms with E-state index in [-0.39, 0.29) is 13.0 Å². The van der Waals surface area contributed by atoms with Crippen molar-refractivity contribution in [3.63, 3.8) is 0 Å². The summed E-state index contributed by atoms with van der Waals surface area (Å²) >= 11 is 1.26. The molecule has 3 aromatic rings. The molecule has 4 amide bonds. The number of carbonyl (C=O) groups excluding carboxylic acids is 3. The Balaban J connectivity index is 1.26. The van der Waals surface area contributed by atoms with Crippen molar-refractivity contribution in [3.05, 3.63) is 57.0 Å². The highest BCUT2D eigenvalue weighted by molar-refractivity contribution is 7.12. The van der Waals surface area contributed by atoms with E-state index in [0.717, 1.165) is 32.0 Å². The van der Waals surface area contributed by atoms with E-state index in [1.807, 2.05) is 32.3 Å². The Labute approximate surface area is 231 Å². The molecule has 6 rings (SSSR count). The summed E-state index contributed by atoms with van der Waals surface area (Å²) < 4.78 is 49.3. The quantitative estimate of drug-likeness (QED) is 0.481. The normalized spacial score (nSPS) is 22.3. The smallest absolute Gasteiger partial charge is 0.412 e. The van der Waals surface area contributed by atoms with Gasteiger partial charge in [0.05, 0.1) is 17.6 Å². The van der Waals surface area contributed by atoms with Gasteiger partial charge in [0.15, 0.2) is 6.04 Å². The van der Waals surface area contributed by atoms with Crippen molar-refractivity contribution in [1.29, 1.82) is 0 Å². The Hall–Kier alpha value is -3.87. The number of hydrogen-bond donors (Lipinski definition) is 1. The minimum Gasteiger partial charge on any atom is -0.490 e. The number of aromatic nitrogens is 2. The zero-order chi connectivity index (χ0) is 28.6. The molecule has 0 radical (unpaired) electrons. The Morgan fingerprint density at radius 1 is 1.25 bits per heavy atom. The fourth-order valence-corrected chi connectivity index (χ4v) is 6.91. The van der Waals surface area contributed by atoms with E-state index in [1.54, 1.807) is 23.9 Å². The van der Waals surface area contributed by atoms with E-state index < -0.39 is 48.8 Å². The molecular formula is C27H26F3N5O4S. The van der Waals surface area contributed by atoms with Crippen LogP contribution < -0.4 is 10.1 Å². The molecule has 1 saturated heterocycles. The number of amides is 4. The van der Waals surface area contributed by atoms with E-state index >= 15 is 0 Å². The number of aryl methyl sites for hydroxylation is 3. The topological polar surface area (TPSA) is 96.8 Å². The summed E-state index contributed by atoms with van der Waals surface area (Å²) in [6.07, 6.45) is -0.370. The largest absolute Gasteiger partial charge is 0.490 e. The molecule has 2 atom stereocenters. The van der Waals surface area contributed by atoms with Gasteiger partial charge in [0.1, 0.15) is 24.4 Å². The number of nitrogens with zero attached hydrogens (tertiary/aromatic N) is 4. The van der Waals surface area contributed by atoms with E-state index in [2.05, 4.69) is 10.4 Å². The van der Waals surface area contributed by atoms with Gasteiger partial charge in [-0.05, 0) is 43.4 Å². The number of alkyl halides is 3. The zero-order valence-corrected chi connectivity index (χ0v) is 22.8. The molecule has 4 heterocycles. The average molecular weight is 574 g/mol. The van der Waals surface area contributed by atoms with Gasteiger partial charge in [-0.1, -0.05) is 18.2 Å². The standard InChI is InChI=1S/C27H26F3N5O4S/c1-14-15(2)40-20-11-34(21(27(28,29)30)13-39-23(14)20)22(36)12-35-24(37)26(32-25(35)38)7-6-17-8-16(4-5-19(17)26)18-9-31-33(3)10-18/h4-5,8-10,21H,6-7,11-13H2,1-3H3,(H,32,38)/t21-,26?/m1/s1. The molecule has 1 aromatic carbocycles. The summed E-state index contributed by atoms with van der Waals surface area (Å²) in [6.45, 7) is 1.69. The van der Waals surface area contributed by atoms with Crippen LogP contribution in [0.5, 0.6) is 5.75 Å². The maximum absolute atomic E-state index is 14.0. The van der Waals surface area contributed by atoms with Gasteiger partial charge in [0.2, 0.25) is 5.91 Å². The maximum Gasteiger partial charge on any atom is 0.412 e. The number of urea groups is 1. The lowest BCUT2D eigenvalue weighted by Crippen LogP contribution is -2.53. The third-order valence-electron chi connectivity index (χ3n) is 8.01. The fourth-order valence-electron chi connectivity index (χ4n) is 5.79. The summed E-state index contributed by atoms with van der Waals surface area (Å²) in [5.74, 6) is -1.26. The van der Waals surface area contributed by atoms with Crippen LogP contribution in [-0.4, -0.2) is 62.8 Å². The molecule has 13 heteroatoms. The molecule has 3 aliphatic rings. The van der Waals surface area contributed by atoms with Crippen molar-refractivity contribution < 1.29 is 32.3 Å². The predicted molar refractivity (Wildman–Crippen MR) is 139 cm³/mol. The van der Waals surface area contributed by atoms with Crippen molar-refractivity contribution in [2.45, 2.75) is 51.0 Å². The SMILES string of the molecule is Cc1sc2c(c1C)OC[C@H](C(F)(F)F)N(C(=O)CN1C(=O)NC3(CCc4cc(-c5cnn(C)c5)ccc43)C1=O)C2. The van der Waals surface area contributed by atoms with E-state index in [4.69, 9.17) is 4.74 Å². The fraction of sp³-hybridized carbons (Fsp3) is 0.407. The van der Waals surface area contributed by atoms with Crippen LogP contribution in [0.25, 0.3) is 11.1 Å². The van der Waals surface area contributed by atoms with E-state index in [0.29, 0.717) is 27.5 Å². The lowest BCUT2D eigenvalue weighted by molar-refractivity contribution is -0.195. The molecule has 1 fully saturated rings. The molecule has 2 aliphatic heterocycles. The van der Waals surface area contributed by atoms with Crippen LogP contribution in [0.15, 0.2) is 30.6 Å². The first kappa shape index (κ1) is 26.4. The number of thiophene rings is 1. The van der Waals surface area contributed by atoms with Gasteiger partial charge in [-0.15, -0.1) is 11.3 Å². The molecule has 1 aliphatic carbocycles. The first-order valence-electron chi connectivity index (χ1n) is 12.7. The van der Waals surface area contributed by atoms with Crippen LogP contribution in [0.4, 0.5) is 18.0 Å². The van der Waals surface area contributed by atoms with Gasteiger partial charge in [0, 0.05) is 29.2 Å². The number of fused-ring (bicyclic) bond motifs is 3. The third kappa shape index (κ3) is 4.05. The second-order valence-corrected chi connectivity index (χ2v) is 11.7. The molecule has 9 nitrogen and oxygen atoms in total. The summed E-state index contributed by atoms with van der Waals surface area (Å²) in [5.41, 5.74) is 2.69. The monoisotopic (exact) mass is 573 g/mol. The molecule has 1 unspecified atom stereocenters. The van der Waals surface area contributed by atoms with Gasteiger partial charge < -0.3 is 15.0 Å². The molecule has 1 N–H and O–H groups in total. The van der Waals surface area contributed by atoms with Crippen molar-refractivity contribution in [2.75, 3.05) is 13.2 Å². The number of ether oxygens (including phenoxy) is 1. The predicted octanol–water partition coefficient (Wildman–Crippen LogP) is 3.81. The molecule has 210 valence electrons. The first-order chi connectivity index (χ1) is 18.9. The maximum atomic E-state index is 14.0. The van der Waals surface area contributed by atoms with Crippen molar-refractivity contribution in [1.82, 2.24) is 24.9 Å². The minimum absolute atomic E-state index is 0.286. The number of halogens is 3.